The van der Waals surface area contributed by atoms with Crippen LogP contribution in [0.1, 0.15) is 31.2 Å². The van der Waals surface area contributed by atoms with E-state index in [9.17, 15) is 9.59 Å². The minimum atomic E-state index is -0.836. The second-order valence-corrected chi connectivity index (χ2v) is 7.84. The van der Waals surface area contributed by atoms with E-state index in [0.717, 1.165) is 37.2 Å². The minimum absolute atomic E-state index is 0.0696. The maximum absolute atomic E-state index is 12.5. The first-order valence-electron chi connectivity index (χ1n) is 10.5. The van der Waals surface area contributed by atoms with Gasteiger partial charge in [0.25, 0.3) is 5.56 Å². The third-order valence-electron chi connectivity index (χ3n) is 5.63. The molecule has 4 rings (SSSR count). The number of nitrogens with zero attached hydrogens (tertiary/aromatic N) is 5. The van der Waals surface area contributed by atoms with Gasteiger partial charge in [-0.2, -0.15) is 15.3 Å². The average molecular weight is 433 g/mol. The van der Waals surface area contributed by atoms with Gasteiger partial charge in [-0.25, -0.2) is 10.1 Å². The molecule has 1 saturated heterocycles. The van der Waals surface area contributed by atoms with E-state index in [1.165, 1.54) is 6.20 Å². The molecule has 164 valence electrons. The number of rotatable bonds is 7. The van der Waals surface area contributed by atoms with Gasteiger partial charge in [0.2, 0.25) is 5.95 Å². The number of carboxylic acids is 1. The quantitative estimate of drug-likeness (QED) is 0.511. The van der Waals surface area contributed by atoms with Crippen LogP contribution in [-0.4, -0.2) is 44.3 Å². The molecule has 2 aromatic heterocycles. The number of fused-ring (bicyclic) bond motifs is 1. The van der Waals surface area contributed by atoms with Gasteiger partial charge in [-0.15, -0.1) is 0 Å². The predicted molar refractivity (Wildman–Crippen MR) is 119 cm³/mol. The van der Waals surface area contributed by atoms with Crippen LogP contribution in [-0.2, 0) is 11.2 Å². The van der Waals surface area contributed by atoms with E-state index in [1.54, 1.807) is 0 Å². The number of hydrogen-bond acceptors (Lipinski definition) is 8. The number of benzene rings is 1. The van der Waals surface area contributed by atoms with Crippen molar-refractivity contribution in [1.29, 1.82) is 5.26 Å². The maximum Gasteiger partial charge on any atom is 0.303 e. The lowest BCUT2D eigenvalue weighted by molar-refractivity contribution is -0.136. The third kappa shape index (κ3) is 4.83. The summed E-state index contributed by atoms with van der Waals surface area (Å²) in [5.74, 6) is 0.446. The smallest absolute Gasteiger partial charge is 0.303 e. The summed E-state index contributed by atoms with van der Waals surface area (Å²) >= 11 is 0. The van der Waals surface area contributed by atoms with Crippen molar-refractivity contribution in [2.45, 2.75) is 32.1 Å². The van der Waals surface area contributed by atoms with Crippen LogP contribution in [0.5, 0.6) is 0 Å². The van der Waals surface area contributed by atoms with Crippen LogP contribution < -0.4 is 15.8 Å². The van der Waals surface area contributed by atoms with E-state index < -0.39 is 5.97 Å². The summed E-state index contributed by atoms with van der Waals surface area (Å²) < 4.78 is 0. The zero-order valence-corrected chi connectivity index (χ0v) is 17.4. The molecular formula is C22H23N7O3. The van der Waals surface area contributed by atoms with Crippen LogP contribution in [0.25, 0.3) is 10.9 Å². The molecule has 3 aromatic rings. The Morgan fingerprint density at radius 2 is 2.00 bits per heavy atom. The first kappa shape index (κ1) is 21.2. The Morgan fingerprint density at radius 3 is 2.69 bits per heavy atom. The molecule has 1 aliphatic rings. The van der Waals surface area contributed by atoms with Gasteiger partial charge in [0, 0.05) is 31.6 Å². The molecule has 3 heterocycles. The van der Waals surface area contributed by atoms with Crippen LogP contribution in [0.4, 0.5) is 17.5 Å². The van der Waals surface area contributed by atoms with Crippen LogP contribution >= 0.6 is 0 Å². The van der Waals surface area contributed by atoms with Crippen LogP contribution in [0, 0.1) is 17.2 Å². The fourth-order valence-electron chi connectivity index (χ4n) is 3.83. The number of aliphatic carboxylic acids is 1. The molecule has 1 aromatic carbocycles. The molecule has 32 heavy (non-hydrogen) atoms. The van der Waals surface area contributed by atoms with Crippen LogP contribution in [0.3, 0.4) is 0 Å². The van der Waals surface area contributed by atoms with Crippen molar-refractivity contribution in [2.24, 2.45) is 5.92 Å². The van der Waals surface area contributed by atoms with Gasteiger partial charge in [-0.3, -0.25) is 9.59 Å². The van der Waals surface area contributed by atoms with Gasteiger partial charge in [-0.1, -0.05) is 12.1 Å². The molecule has 0 radical (unpaired) electrons. The first-order chi connectivity index (χ1) is 15.5. The molecule has 10 heteroatoms. The molecule has 0 amide bonds. The minimum Gasteiger partial charge on any atom is -0.481 e. The van der Waals surface area contributed by atoms with Crippen LogP contribution in [0.15, 0.2) is 35.3 Å². The summed E-state index contributed by atoms with van der Waals surface area (Å²) in [6.45, 7) is 1.48. The average Bonchev–Trinajstić information content (AvgIpc) is 2.79. The highest BCUT2D eigenvalue weighted by Gasteiger charge is 2.22. The SMILES string of the molecule is N#CCC1CCN(c2nc(Nc3ccc(CCC(=O)O)cc3)c3c(=O)[nH]ncc3n2)CC1. The second kappa shape index (κ2) is 9.43. The summed E-state index contributed by atoms with van der Waals surface area (Å²) in [5, 5.41) is 27.6. The van der Waals surface area contributed by atoms with Crippen molar-refractivity contribution in [2.75, 3.05) is 23.3 Å². The monoisotopic (exact) mass is 433 g/mol. The van der Waals surface area contributed by atoms with Gasteiger partial charge >= 0.3 is 5.97 Å². The lowest BCUT2D eigenvalue weighted by Crippen LogP contribution is -2.35. The molecule has 0 unspecified atom stereocenters. The highest BCUT2D eigenvalue weighted by Crippen LogP contribution is 2.27. The highest BCUT2D eigenvalue weighted by molar-refractivity contribution is 5.90. The van der Waals surface area contributed by atoms with Gasteiger partial charge in [0.15, 0.2) is 0 Å². The largest absolute Gasteiger partial charge is 0.481 e. The van der Waals surface area contributed by atoms with E-state index in [4.69, 9.17) is 10.4 Å². The first-order valence-corrected chi connectivity index (χ1v) is 10.5. The van der Waals surface area contributed by atoms with E-state index in [2.05, 4.69) is 36.5 Å². The molecule has 3 N–H and O–H groups in total. The van der Waals surface area contributed by atoms with E-state index in [-0.39, 0.29) is 12.0 Å². The fourth-order valence-corrected chi connectivity index (χ4v) is 3.83. The molecule has 0 atom stereocenters. The number of H-pyrrole nitrogens is 1. The molecular weight excluding hydrogens is 410 g/mol. The number of nitrogens with one attached hydrogen (secondary N) is 2. The van der Waals surface area contributed by atoms with Crippen molar-refractivity contribution in [3.05, 3.63) is 46.4 Å². The molecule has 1 aliphatic heterocycles. The zero-order chi connectivity index (χ0) is 22.5. The lowest BCUT2D eigenvalue weighted by atomic mass is 9.94. The van der Waals surface area contributed by atoms with E-state index in [1.807, 2.05) is 24.3 Å². The molecule has 0 saturated carbocycles. The Balaban J connectivity index is 1.61. The van der Waals surface area contributed by atoms with Crippen molar-refractivity contribution < 1.29 is 9.90 Å². The predicted octanol–water partition coefficient (Wildman–Crippen LogP) is 2.60. The van der Waals surface area contributed by atoms with Gasteiger partial charge in [0.1, 0.15) is 16.7 Å². The Kier molecular flexibility index (Phi) is 6.26. The lowest BCUT2D eigenvalue weighted by Gasteiger charge is -2.31. The number of anilines is 3. The summed E-state index contributed by atoms with van der Waals surface area (Å²) in [6, 6.07) is 9.59. The Labute approximate surface area is 183 Å². The molecule has 0 bridgehead atoms. The Morgan fingerprint density at radius 1 is 1.25 bits per heavy atom. The highest BCUT2D eigenvalue weighted by atomic mass is 16.4. The summed E-state index contributed by atoms with van der Waals surface area (Å²) in [5.41, 5.74) is 1.69. The Hall–Kier alpha value is -4.00. The molecule has 1 fully saturated rings. The standard InChI is InChI=1S/C22H23N7O3/c23-10-7-15-8-11-29(12-9-15)22-26-17-13-24-28-21(32)19(17)20(27-22)25-16-4-1-14(2-5-16)3-6-18(30)31/h1-2,4-5,13,15H,3,6-9,11-12H2,(H,28,32)(H,30,31)(H,25,26,27). The number of aryl methyl sites for hydroxylation is 1. The fraction of sp³-hybridized carbons (Fsp3) is 0.364. The van der Waals surface area contributed by atoms with Gasteiger partial charge in [-0.05, 0) is 42.9 Å². The summed E-state index contributed by atoms with van der Waals surface area (Å²) in [4.78, 5) is 34.5. The van der Waals surface area contributed by atoms with Crippen molar-refractivity contribution in [3.8, 4) is 6.07 Å². The maximum atomic E-state index is 12.5. The number of carboxylic acid groups (broad SMARTS) is 1. The third-order valence-corrected chi connectivity index (χ3v) is 5.63. The van der Waals surface area contributed by atoms with Crippen molar-refractivity contribution >= 4 is 34.3 Å². The second-order valence-electron chi connectivity index (χ2n) is 7.84. The normalized spacial score (nSPS) is 14.3. The van der Waals surface area contributed by atoms with Crippen LogP contribution in [0.2, 0.25) is 0 Å². The zero-order valence-electron chi connectivity index (χ0n) is 17.4. The molecule has 0 aliphatic carbocycles. The Bertz CT molecular complexity index is 1210. The number of hydrogen-bond donors (Lipinski definition) is 3. The molecule has 0 spiro atoms. The van der Waals surface area contributed by atoms with E-state index >= 15 is 0 Å². The number of aromatic amines is 1. The number of aromatic nitrogens is 4. The number of carbonyl (C=O) groups is 1. The number of nitriles is 1. The van der Waals surface area contributed by atoms with Crippen molar-refractivity contribution in [1.82, 2.24) is 20.2 Å². The van der Waals surface area contributed by atoms with E-state index in [0.29, 0.717) is 41.4 Å². The van der Waals surface area contributed by atoms with Crippen molar-refractivity contribution in [3.63, 3.8) is 0 Å². The van der Waals surface area contributed by atoms with Gasteiger partial charge < -0.3 is 15.3 Å². The number of piperidine rings is 1. The summed E-state index contributed by atoms with van der Waals surface area (Å²) in [7, 11) is 0. The topological polar surface area (TPSA) is 148 Å². The molecule has 10 nitrogen and oxygen atoms in total. The summed E-state index contributed by atoms with van der Waals surface area (Å²) in [6.07, 6.45) is 4.36. The van der Waals surface area contributed by atoms with Gasteiger partial charge in [0.05, 0.1) is 12.3 Å².